The van der Waals surface area contributed by atoms with Crippen LogP contribution in [0, 0.1) is 0 Å². The first-order valence-corrected chi connectivity index (χ1v) is 6.93. The highest BCUT2D eigenvalue weighted by Crippen LogP contribution is 2.25. The Balaban J connectivity index is 3.06. The summed E-state index contributed by atoms with van der Waals surface area (Å²) in [6, 6.07) is 5.57. The van der Waals surface area contributed by atoms with Gasteiger partial charge in [0.2, 0.25) is 0 Å². The molecule has 0 radical (unpaired) electrons. The van der Waals surface area contributed by atoms with E-state index in [0.29, 0.717) is 17.3 Å². The summed E-state index contributed by atoms with van der Waals surface area (Å²) in [6.45, 7) is 7.31. The molecule has 1 aromatic rings. The molecule has 4 nitrogen and oxygen atoms in total. The van der Waals surface area contributed by atoms with E-state index in [9.17, 15) is 4.79 Å². The summed E-state index contributed by atoms with van der Waals surface area (Å²) in [6.07, 6.45) is 3.45. The molecule has 1 amide bonds. The molecule has 0 saturated carbocycles. The standard InChI is InChI=1S/C15H25N3O/c1-4-5-6-9-18(11(2)3)14-10-12(16)7-8-13(14)15(17)19/h7-8,10-11H,4-6,9,16H2,1-3H3,(H2,17,19). The van der Waals surface area contributed by atoms with E-state index in [1.54, 1.807) is 12.1 Å². The minimum Gasteiger partial charge on any atom is -0.399 e. The number of carbonyl (C=O) groups excluding carboxylic acids is 1. The molecule has 1 rings (SSSR count). The van der Waals surface area contributed by atoms with Crippen LogP contribution in [0.2, 0.25) is 0 Å². The molecule has 0 bridgehead atoms. The summed E-state index contributed by atoms with van der Waals surface area (Å²) in [5.74, 6) is -0.406. The lowest BCUT2D eigenvalue weighted by Gasteiger charge is -2.30. The maximum atomic E-state index is 11.5. The normalized spacial score (nSPS) is 10.7. The monoisotopic (exact) mass is 263 g/mol. The van der Waals surface area contributed by atoms with Crippen LogP contribution in [0.5, 0.6) is 0 Å². The minimum atomic E-state index is -0.406. The Kier molecular flexibility index (Phi) is 5.67. The van der Waals surface area contributed by atoms with Gasteiger partial charge in [-0.05, 0) is 38.5 Å². The molecule has 0 aliphatic carbocycles. The summed E-state index contributed by atoms with van der Waals surface area (Å²) < 4.78 is 0. The summed E-state index contributed by atoms with van der Waals surface area (Å²) in [7, 11) is 0. The molecule has 1 aromatic carbocycles. The van der Waals surface area contributed by atoms with E-state index in [1.165, 1.54) is 12.8 Å². The third-order valence-electron chi connectivity index (χ3n) is 3.22. The zero-order chi connectivity index (χ0) is 14.4. The van der Waals surface area contributed by atoms with Gasteiger partial charge in [0, 0.05) is 18.3 Å². The molecule has 0 aliphatic rings. The van der Waals surface area contributed by atoms with Gasteiger partial charge in [-0.3, -0.25) is 4.79 Å². The van der Waals surface area contributed by atoms with Gasteiger partial charge in [-0.25, -0.2) is 0 Å². The van der Waals surface area contributed by atoms with Gasteiger partial charge in [-0.2, -0.15) is 0 Å². The highest BCUT2D eigenvalue weighted by molar-refractivity contribution is 5.99. The molecule has 0 fully saturated rings. The molecule has 0 aromatic heterocycles. The predicted molar refractivity (Wildman–Crippen MR) is 81.4 cm³/mol. The van der Waals surface area contributed by atoms with Gasteiger partial charge in [0.15, 0.2) is 0 Å². The molecule has 0 saturated heterocycles. The lowest BCUT2D eigenvalue weighted by atomic mass is 10.1. The van der Waals surface area contributed by atoms with Crippen LogP contribution < -0.4 is 16.4 Å². The maximum Gasteiger partial charge on any atom is 0.250 e. The number of carbonyl (C=O) groups is 1. The van der Waals surface area contributed by atoms with Gasteiger partial charge in [-0.1, -0.05) is 19.8 Å². The fraction of sp³-hybridized carbons (Fsp3) is 0.533. The van der Waals surface area contributed by atoms with Crippen molar-refractivity contribution in [3.63, 3.8) is 0 Å². The Morgan fingerprint density at radius 2 is 2.00 bits per heavy atom. The summed E-state index contributed by atoms with van der Waals surface area (Å²) in [4.78, 5) is 13.7. The summed E-state index contributed by atoms with van der Waals surface area (Å²) >= 11 is 0. The van der Waals surface area contributed by atoms with Crippen LogP contribution in [0.3, 0.4) is 0 Å². The zero-order valence-electron chi connectivity index (χ0n) is 12.1. The first-order valence-electron chi connectivity index (χ1n) is 6.93. The summed E-state index contributed by atoms with van der Waals surface area (Å²) in [5, 5.41) is 0. The fourth-order valence-corrected chi connectivity index (χ4v) is 2.18. The molecule has 4 N–H and O–H groups in total. The highest BCUT2D eigenvalue weighted by atomic mass is 16.1. The molecule has 0 heterocycles. The average Bonchev–Trinajstić information content (AvgIpc) is 2.33. The fourth-order valence-electron chi connectivity index (χ4n) is 2.18. The first-order chi connectivity index (χ1) is 8.97. The lowest BCUT2D eigenvalue weighted by molar-refractivity contribution is 0.100. The third-order valence-corrected chi connectivity index (χ3v) is 3.22. The van der Waals surface area contributed by atoms with Gasteiger partial charge >= 0.3 is 0 Å². The zero-order valence-corrected chi connectivity index (χ0v) is 12.1. The van der Waals surface area contributed by atoms with E-state index in [4.69, 9.17) is 11.5 Å². The maximum absolute atomic E-state index is 11.5. The quantitative estimate of drug-likeness (QED) is 0.587. The average molecular weight is 263 g/mol. The Hall–Kier alpha value is -1.71. The number of nitrogen functional groups attached to an aromatic ring is 1. The van der Waals surface area contributed by atoms with Crippen molar-refractivity contribution >= 4 is 17.3 Å². The first kappa shape index (κ1) is 15.3. The van der Waals surface area contributed by atoms with Crippen molar-refractivity contribution in [2.45, 2.75) is 46.1 Å². The van der Waals surface area contributed by atoms with Crippen molar-refractivity contribution in [3.8, 4) is 0 Å². The van der Waals surface area contributed by atoms with Crippen molar-refractivity contribution < 1.29 is 4.79 Å². The number of nitrogens with two attached hydrogens (primary N) is 2. The molecule has 4 heteroatoms. The highest BCUT2D eigenvalue weighted by Gasteiger charge is 2.17. The van der Waals surface area contributed by atoms with Crippen LogP contribution in [0.4, 0.5) is 11.4 Å². The van der Waals surface area contributed by atoms with E-state index in [-0.39, 0.29) is 0 Å². The Morgan fingerprint density at radius 3 is 2.53 bits per heavy atom. The number of amides is 1. The van der Waals surface area contributed by atoms with E-state index in [1.807, 2.05) is 6.07 Å². The number of nitrogens with zero attached hydrogens (tertiary/aromatic N) is 1. The van der Waals surface area contributed by atoms with E-state index in [2.05, 4.69) is 25.7 Å². The van der Waals surface area contributed by atoms with E-state index < -0.39 is 5.91 Å². The smallest absolute Gasteiger partial charge is 0.250 e. The molecule has 19 heavy (non-hydrogen) atoms. The molecular formula is C15H25N3O. The van der Waals surface area contributed by atoms with Crippen LogP contribution in [0.25, 0.3) is 0 Å². The molecule has 0 aliphatic heterocycles. The van der Waals surface area contributed by atoms with Gasteiger partial charge in [0.25, 0.3) is 5.91 Å². The number of anilines is 2. The number of hydrogen-bond acceptors (Lipinski definition) is 3. The van der Waals surface area contributed by atoms with Crippen molar-refractivity contribution in [2.75, 3.05) is 17.2 Å². The van der Waals surface area contributed by atoms with Crippen molar-refractivity contribution in [2.24, 2.45) is 5.73 Å². The molecule has 0 atom stereocenters. The Bertz CT molecular complexity index is 429. The van der Waals surface area contributed by atoms with Crippen LogP contribution in [-0.4, -0.2) is 18.5 Å². The number of unbranched alkanes of at least 4 members (excludes halogenated alkanes) is 2. The second kappa shape index (κ2) is 7.02. The molecule has 106 valence electrons. The van der Waals surface area contributed by atoms with Crippen LogP contribution in [0.1, 0.15) is 50.4 Å². The van der Waals surface area contributed by atoms with Crippen LogP contribution >= 0.6 is 0 Å². The van der Waals surface area contributed by atoms with Gasteiger partial charge in [0.05, 0.1) is 11.3 Å². The second-order valence-electron chi connectivity index (χ2n) is 5.14. The van der Waals surface area contributed by atoms with Gasteiger partial charge in [-0.15, -0.1) is 0 Å². The van der Waals surface area contributed by atoms with Crippen molar-refractivity contribution in [3.05, 3.63) is 23.8 Å². The second-order valence-corrected chi connectivity index (χ2v) is 5.14. The largest absolute Gasteiger partial charge is 0.399 e. The Morgan fingerprint density at radius 1 is 1.32 bits per heavy atom. The minimum absolute atomic E-state index is 0.303. The van der Waals surface area contributed by atoms with Gasteiger partial charge < -0.3 is 16.4 Å². The van der Waals surface area contributed by atoms with Crippen LogP contribution in [-0.2, 0) is 0 Å². The van der Waals surface area contributed by atoms with Crippen molar-refractivity contribution in [1.82, 2.24) is 0 Å². The number of rotatable bonds is 7. The topological polar surface area (TPSA) is 72.3 Å². The molecule has 0 unspecified atom stereocenters. The summed E-state index contributed by atoms with van der Waals surface area (Å²) in [5.41, 5.74) is 13.3. The lowest BCUT2D eigenvalue weighted by Crippen LogP contribution is -2.33. The van der Waals surface area contributed by atoms with Crippen molar-refractivity contribution in [1.29, 1.82) is 0 Å². The number of benzene rings is 1. The Labute approximate surface area is 115 Å². The molecular weight excluding hydrogens is 238 g/mol. The van der Waals surface area contributed by atoms with E-state index >= 15 is 0 Å². The van der Waals surface area contributed by atoms with Gasteiger partial charge in [0.1, 0.15) is 0 Å². The SMILES string of the molecule is CCCCCN(c1cc(N)ccc1C(N)=O)C(C)C. The van der Waals surface area contributed by atoms with E-state index in [0.717, 1.165) is 18.7 Å². The molecule has 0 spiro atoms. The van der Waals surface area contributed by atoms with Crippen LogP contribution in [0.15, 0.2) is 18.2 Å². The number of primary amides is 1. The third kappa shape index (κ3) is 4.16. The number of hydrogen-bond donors (Lipinski definition) is 2. The predicted octanol–water partition coefficient (Wildman–Crippen LogP) is 2.77.